The fourth-order valence-corrected chi connectivity index (χ4v) is 3.32. The van der Waals surface area contributed by atoms with Crippen LogP contribution in [0.1, 0.15) is 33.8 Å². The fraction of sp³-hybridized carbons (Fsp3) is 0.182. The Labute approximate surface area is 156 Å². The first kappa shape index (κ1) is 17.2. The van der Waals surface area contributed by atoms with Gasteiger partial charge in [0.2, 0.25) is 0 Å². The summed E-state index contributed by atoms with van der Waals surface area (Å²) in [6, 6.07) is 19.2. The van der Waals surface area contributed by atoms with Gasteiger partial charge < -0.3 is 9.88 Å². The number of nitrogens with zero attached hydrogens (tertiary/aromatic N) is 1. The second-order valence-electron chi connectivity index (χ2n) is 6.82. The minimum absolute atomic E-state index is 0.0681. The molecule has 1 N–H and O–H groups in total. The number of carbonyl (C=O) groups excluding carboxylic acids is 1. The fourth-order valence-electron chi connectivity index (χ4n) is 3.32. The molecule has 0 aliphatic heterocycles. The van der Waals surface area contributed by atoms with Crippen LogP contribution >= 0.6 is 0 Å². The predicted octanol–water partition coefficient (Wildman–Crippen LogP) is 3.32. The van der Waals surface area contributed by atoms with Crippen LogP contribution in [0.4, 0.5) is 4.39 Å². The van der Waals surface area contributed by atoms with Gasteiger partial charge in [0.15, 0.2) is 0 Å². The van der Waals surface area contributed by atoms with Crippen LogP contribution in [0.25, 0.3) is 0 Å². The third kappa shape index (κ3) is 3.82. The highest BCUT2D eigenvalue weighted by molar-refractivity contribution is 5.94. The van der Waals surface area contributed by atoms with Crippen LogP contribution in [0.2, 0.25) is 0 Å². The van der Waals surface area contributed by atoms with E-state index in [9.17, 15) is 14.0 Å². The van der Waals surface area contributed by atoms with E-state index < -0.39 is 0 Å². The molecule has 4 rings (SSSR count). The molecule has 5 heteroatoms. The van der Waals surface area contributed by atoms with Crippen molar-refractivity contribution in [3.05, 3.63) is 106 Å². The molecule has 2 atom stereocenters. The normalized spacial score (nSPS) is 18.1. The van der Waals surface area contributed by atoms with Crippen molar-refractivity contribution in [1.29, 1.82) is 0 Å². The van der Waals surface area contributed by atoms with Gasteiger partial charge in [0.1, 0.15) is 11.4 Å². The Morgan fingerprint density at radius 2 is 1.89 bits per heavy atom. The van der Waals surface area contributed by atoms with Gasteiger partial charge in [0.25, 0.3) is 11.5 Å². The van der Waals surface area contributed by atoms with E-state index >= 15 is 0 Å². The molecule has 0 spiro atoms. The number of benzene rings is 2. The molecule has 3 aromatic rings. The topological polar surface area (TPSA) is 51.1 Å². The van der Waals surface area contributed by atoms with Crippen molar-refractivity contribution in [3.63, 3.8) is 0 Å². The number of aromatic nitrogens is 1. The molecule has 0 saturated heterocycles. The van der Waals surface area contributed by atoms with E-state index in [4.69, 9.17) is 0 Å². The lowest BCUT2D eigenvalue weighted by atomic mass is 10.1. The molecule has 1 fully saturated rings. The summed E-state index contributed by atoms with van der Waals surface area (Å²) < 4.78 is 14.9. The van der Waals surface area contributed by atoms with Crippen LogP contribution in [0.5, 0.6) is 0 Å². The van der Waals surface area contributed by atoms with Crippen molar-refractivity contribution in [2.45, 2.75) is 24.9 Å². The predicted molar refractivity (Wildman–Crippen MR) is 101 cm³/mol. The maximum Gasteiger partial charge on any atom is 0.263 e. The molecule has 4 nitrogen and oxygen atoms in total. The summed E-state index contributed by atoms with van der Waals surface area (Å²) in [5, 5.41) is 2.90. The smallest absolute Gasteiger partial charge is 0.263 e. The molecule has 1 amide bonds. The Bertz CT molecular complexity index is 1030. The van der Waals surface area contributed by atoms with E-state index in [0.29, 0.717) is 6.54 Å². The molecule has 1 aromatic heterocycles. The Hall–Kier alpha value is -3.21. The summed E-state index contributed by atoms with van der Waals surface area (Å²) in [7, 11) is 0. The molecule has 0 bridgehead atoms. The van der Waals surface area contributed by atoms with Crippen LogP contribution < -0.4 is 10.9 Å². The van der Waals surface area contributed by atoms with Gasteiger partial charge in [-0.15, -0.1) is 0 Å². The first-order valence-corrected chi connectivity index (χ1v) is 8.91. The number of rotatable bonds is 5. The maximum absolute atomic E-state index is 13.4. The van der Waals surface area contributed by atoms with Crippen LogP contribution in [-0.2, 0) is 6.54 Å². The van der Waals surface area contributed by atoms with Crippen molar-refractivity contribution in [2.75, 3.05) is 0 Å². The van der Waals surface area contributed by atoms with E-state index in [1.807, 2.05) is 36.4 Å². The summed E-state index contributed by atoms with van der Waals surface area (Å²) in [6.45, 7) is 0.413. The Morgan fingerprint density at radius 3 is 2.67 bits per heavy atom. The largest absolute Gasteiger partial charge is 0.348 e. The molecule has 0 unspecified atom stereocenters. The van der Waals surface area contributed by atoms with E-state index in [-0.39, 0.29) is 34.8 Å². The first-order chi connectivity index (χ1) is 13.1. The lowest BCUT2D eigenvalue weighted by Crippen LogP contribution is -2.34. The average Bonchev–Trinajstić information content (AvgIpc) is 3.43. The zero-order valence-electron chi connectivity index (χ0n) is 14.6. The van der Waals surface area contributed by atoms with Crippen molar-refractivity contribution >= 4 is 5.91 Å². The highest BCUT2D eigenvalue weighted by Crippen LogP contribution is 2.40. The van der Waals surface area contributed by atoms with Gasteiger partial charge in [0.05, 0.1) is 6.54 Å². The van der Waals surface area contributed by atoms with Gasteiger partial charge in [-0.2, -0.15) is 0 Å². The summed E-state index contributed by atoms with van der Waals surface area (Å²) >= 11 is 0. The zero-order valence-corrected chi connectivity index (χ0v) is 14.6. The van der Waals surface area contributed by atoms with Crippen LogP contribution in [0, 0.1) is 5.82 Å². The van der Waals surface area contributed by atoms with Gasteiger partial charge in [0, 0.05) is 18.2 Å². The van der Waals surface area contributed by atoms with E-state index in [0.717, 1.165) is 17.5 Å². The van der Waals surface area contributed by atoms with E-state index in [1.165, 1.54) is 16.7 Å². The quantitative estimate of drug-likeness (QED) is 0.757. The molecule has 1 aliphatic rings. The van der Waals surface area contributed by atoms with Crippen molar-refractivity contribution in [3.8, 4) is 0 Å². The number of hydrogen-bond acceptors (Lipinski definition) is 2. The highest BCUT2D eigenvalue weighted by atomic mass is 19.1. The van der Waals surface area contributed by atoms with Crippen molar-refractivity contribution < 1.29 is 9.18 Å². The summed E-state index contributed by atoms with van der Waals surface area (Å²) in [5.41, 5.74) is 1.67. The SMILES string of the molecule is O=C(N[C@H]1C[C@H]1c1cccc(F)c1)c1cccn(Cc2ccccc2)c1=O. The molecule has 136 valence electrons. The number of pyridine rings is 1. The number of carbonyl (C=O) groups is 1. The van der Waals surface area contributed by atoms with Crippen molar-refractivity contribution in [2.24, 2.45) is 0 Å². The molecule has 1 heterocycles. The van der Waals surface area contributed by atoms with Gasteiger partial charge in [-0.05, 0) is 41.8 Å². The van der Waals surface area contributed by atoms with Gasteiger partial charge >= 0.3 is 0 Å². The van der Waals surface area contributed by atoms with Gasteiger partial charge in [-0.3, -0.25) is 9.59 Å². The highest BCUT2D eigenvalue weighted by Gasteiger charge is 2.40. The van der Waals surface area contributed by atoms with Crippen molar-refractivity contribution in [1.82, 2.24) is 9.88 Å². The zero-order chi connectivity index (χ0) is 18.8. The molecular weight excluding hydrogens is 343 g/mol. The van der Waals surface area contributed by atoms with Gasteiger partial charge in [-0.25, -0.2) is 4.39 Å². The standard InChI is InChI=1S/C22H19FN2O2/c23-17-9-4-8-16(12-17)19-13-20(19)24-21(26)18-10-5-11-25(22(18)27)14-15-6-2-1-3-7-15/h1-12,19-20H,13-14H2,(H,24,26)/t19-,20-/m0/s1. The minimum atomic E-state index is -0.383. The molecule has 1 aliphatic carbocycles. The number of amides is 1. The third-order valence-corrected chi connectivity index (χ3v) is 4.84. The van der Waals surface area contributed by atoms with Crippen LogP contribution in [0.15, 0.2) is 77.7 Å². The monoisotopic (exact) mass is 362 g/mol. The molecule has 2 aromatic carbocycles. The third-order valence-electron chi connectivity index (χ3n) is 4.84. The number of halogens is 1. The average molecular weight is 362 g/mol. The minimum Gasteiger partial charge on any atom is -0.348 e. The Balaban J connectivity index is 1.47. The molecular formula is C22H19FN2O2. The number of hydrogen-bond donors (Lipinski definition) is 1. The lowest BCUT2D eigenvalue weighted by molar-refractivity contribution is 0.0948. The molecule has 27 heavy (non-hydrogen) atoms. The second kappa shape index (κ2) is 7.19. The lowest BCUT2D eigenvalue weighted by Gasteiger charge is -2.09. The Morgan fingerprint density at radius 1 is 1.07 bits per heavy atom. The Kier molecular flexibility index (Phi) is 4.59. The van der Waals surface area contributed by atoms with Crippen LogP contribution in [-0.4, -0.2) is 16.5 Å². The van der Waals surface area contributed by atoms with E-state index in [1.54, 1.807) is 24.4 Å². The van der Waals surface area contributed by atoms with E-state index in [2.05, 4.69) is 5.32 Å². The van der Waals surface area contributed by atoms with Gasteiger partial charge in [-0.1, -0.05) is 42.5 Å². The summed E-state index contributed by atoms with van der Waals surface area (Å²) in [4.78, 5) is 25.2. The first-order valence-electron chi connectivity index (χ1n) is 8.91. The maximum atomic E-state index is 13.4. The summed E-state index contributed by atoms with van der Waals surface area (Å²) in [5.74, 6) is -0.567. The number of nitrogens with one attached hydrogen (secondary N) is 1. The summed E-state index contributed by atoms with van der Waals surface area (Å²) in [6.07, 6.45) is 2.43. The second-order valence-corrected chi connectivity index (χ2v) is 6.82. The molecule has 0 radical (unpaired) electrons. The molecule has 1 saturated carbocycles. The van der Waals surface area contributed by atoms with Crippen LogP contribution in [0.3, 0.4) is 0 Å².